The number of hydrogen-bond acceptors (Lipinski definition) is 3. The van der Waals surface area contributed by atoms with E-state index in [1.54, 1.807) is 0 Å². The maximum atomic E-state index is 10.1. The lowest BCUT2D eigenvalue weighted by molar-refractivity contribution is 0.0802. The SMILES string of the molecule is CC(C)C(O)c1ccc(Cc2ccc(OC3(C)CO3)cc2)cc1. The van der Waals surface area contributed by atoms with E-state index >= 15 is 0 Å². The maximum Gasteiger partial charge on any atom is 0.231 e. The first-order valence-corrected chi connectivity index (χ1v) is 8.14. The van der Waals surface area contributed by atoms with E-state index in [-0.39, 0.29) is 5.92 Å². The number of epoxide rings is 1. The summed E-state index contributed by atoms with van der Waals surface area (Å²) < 4.78 is 11.0. The van der Waals surface area contributed by atoms with E-state index in [1.807, 2.05) is 45.0 Å². The van der Waals surface area contributed by atoms with Gasteiger partial charge >= 0.3 is 0 Å². The van der Waals surface area contributed by atoms with Crippen molar-refractivity contribution < 1.29 is 14.6 Å². The van der Waals surface area contributed by atoms with Gasteiger partial charge in [0.2, 0.25) is 5.79 Å². The number of ether oxygens (including phenoxy) is 2. The van der Waals surface area contributed by atoms with Crippen molar-refractivity contribution in [1.82, 2.24) is 0 Å². The number of aliphatic hydroxyl groups excluding tert-OH is 1. The van der Waals surface area contributed by atoms with Gasteiger partial charge in [-0.05, 0) is 41.2 Å². The monoisotopic (exact) mass is 312 g/mol. The molecule has 1 saturated heterocycles. The minimum atomic E-state index is -0.422. The summed E-state index contributed by atoms with van der Waals surface area (Å²) in [4.78, 5) is 0. The highest BCUT2D eigenvalue weighted by Crippen LogP contribution is 2.30. The molecule has 3 rings (SSSR count). The van der Waals surface area contributed by atoms with Crippen molar-refractivity contribution >= 4 is 0 Å². The van der Waals surface area contributed by atoms with E-state index in [2.05, 4.69) is 24.3 Å². The van der Waals surface area contributed by atoms with E-state index in [9.17, 15) is 5.11 Å². The molecule has 0 aromatic heterocycles. The third-order valence-corrected chi connectivity index (χ3v) is 4.17. The van der Waals surface area contributed by atoms with Crippen LogP contribution >= 0.6 is 0 Å². The third-order valence-electron chi connectivity index (χ3n) is 4.17. The lowest BCUT2D eigenvalue weighted by atomic mass is 9.97. The zero-order valence-electron chi connectivity index (χ0n) is 14.0. The van der Waals surface area contributed by atoms with Crippen LogP contribution in [0.25, 0.3) is 0 Å². The zero-order chi connectivity index (χ0) is 16.4. The van der Waals surface area contributed by atoms with Crippen molar-refractivity contribution in [3.8, 4) is 5.75 Å². The van der Waals surface area contributed by atoms with E-state index < -0.39 is 11.9 Å². The first kappa shape index (κ1) is 16.0. The molecule has 0 spiro atoms. The summed E-state index contributed by atoms with van der Waals surface area (Å²) in [6, 6.07) is 16.3. The van der Waals surface area contributed by atoms with Crippen LogP contribution in [0.3, 0.4) is 0 Å². The minimum absolute atomic E-state index is 0.228. The summed E-state index contributed by atoms with van der Waals surface area (Å²) in [5.74, 6) is 0.643. The maximum absolute atomic E-state index is 10.1. The molecule has 2 aromatic carbocycles. The molecule has 1 fully saturated rings. The van der Waals surface area contributed by atoms with Gasteiger partial charge in [0.15, 0.2) is 0 Å². The molecule has 0 saturated carbocycles. The summed E-state index contributed by atoms with van der Waals surface area (Å²) >= 11 is 0. The van der Waals surface area contributed by atoms with Crippen LogP contribution in [0, 0.1) is 5.92 Å². The van der Waals surface area contributed by atoms with Crippen LogP contribution in [0.15, 0.2) is 48.5 Å². The highest BCUT2D eigenvalue weighted by molar-refractivity contribution is 5.33. The largest absolute Gasteiger partial charge is 0.460 e. The van der Waals surface area contributed by atoms with E-state index in [0.717, 1.165) is 17.7 Å². The Labute approximate surface area is 137 Å². The molecule has 0 amide bonds. The Hall–Kier alpha value is -1.84. The molecule has 0 radical (unpaired) electrons. The van der Waals surface area contributed by atoms with Gasteiger partial charge < -0.3 is 14.6 Å². The summed E-state index contributed by atoms with van der Waals surface area (Å²) in [5.41, 5.74) is 3.44. The Morgan fingerprint density at radius 3 is 2.04 bits per heavy atom. The number of aliphatic hydroxyl groups is 1. The highest BCUT2D eigenvalue weighted by atomic mass is 16.8. The standard InChI is InChI=1S/C20H24O3/c1-14(2)19(21)17-8-4-15(5-9-17)12-16-6-10-18(11-7-16)23-20(3)13-22-20/h4-11,14,19,21H,12-13H2,1-3H3. The van der Waals surface area contributed by atoms with Gasteiger partial charge in [-0.3, -0.25) is 0 Å². The fourth-order valence-corrected chi connectivity index (χ4v) is 2.54. The van der Waals surface area contributed by atoms with E-state index in [0.29, 0.717) is 6.61 Å². The third kappa shape index (κ3) is 4.12. The van der Waals surface area contributed by atoms with Crippen LogP contribution in [0.1, 0.15) is 43.6 Å². The summed E-state index contributed by atoms with van der Waals surface area (Å²) in [6.45, 7) is 6.64. The molecule has 122 valence electrons. The lowest BCUT2D eigenvalue weighted by Crippen LogP contribution is -2.14. The second-order valence-corrected chi connectivity index (χ2v) is 6.78. The molecule has 2 atom stereocenters. The van der Waals surface area contributed by atoms with Gasteiger partial charge in [0.1, 0.15) is 12.4 Å². The molecule has 0 aliphatic carbocycles. The first-order chi connectivity index (χ1) is 11.0. The van der Waals surface area contributed by atoms with E-state index in [4.69, 9.17) is 9.47 Å². The number of hydrogen-bond donors (Lipinski definition) is 1. The predicted molar refractivity (Wildman–Crippen MR) is 90.5 cm³/mol. The molecular formula is C20H24O3. The average Bonchev–Trinajstić information content (AvgIpc) is 3.26. The van der Waals surface area contributed by atoms with Gasteiger partial charge in [0.05, 0.1) is 6.10 Å². The Kier molecular flexibility index (Phi) is 4.42. The van der Waals surface area contributed by atoms with E-state index in [1.165, 1.54) is 11.1 Å². The van der Waals surface area contributed by atoms with Gasteiger partial charge in [-0.25, -0.2) is 0 Å². The van der Waals surface area contributed by atoms with Crippen LogP contribution in [0.2, 0.25) is 0 Å². The predicted octanol–water partition coefficient (Wildman–Crippen LogP) is 4.09. The second-order valence-electron chi connectivity index (χ2n) is 6.78. The molecule has 2 unspecified atom stereocenters. The van der Waals surface area contributed by atoms with Crippen molar-refractivity contribution in [2.45, 2.75) is 39.1 Å². The summed E-state index contributed by atoms with van der Waals surface area (Å²) in [5, 5.41) is 10.1. The summed E-state index contributed by atoms with van der Waals surface area (Å²) in [6.07, 6.45) is 0.470. The Bertz CT molecular complexity index is 640. The molecule has 1 N–H and O–H groups in total. The Morgan fingerprint density at radius 1 is 1.04 bits per heavy atom. The van der Waals surface area contributed by atoms with Crippen molar-refractivity contribution in [2.75, 3.05) is 6.61 Å². The lowest BCUT2D eigenvalue weighted by Gasteiger charge is -2.15. The van der Waals surface area contributed by atoms with Crippen LogP contribution in [0.5, 0.6) is 5.75 Å². The van der Waals surface area contributed by atoms with Gasteiger partial charge in [-0.1, -0.05) is 50.2 Å². The van der Waals surface area contributed by atoms with Crippen molar-refractivity contribution in [3.63, 3.8) is 0 Å². The van der Waals surface area contributed by atoms with Crippen molar-refractivity contribution in [2.24, 2.45) is 5.92 Å². The molecule has 23 heavy (non-hydrogen) atoms. The van der Waals surface area contributed by atoms with Gasteiger partial charge in [0.25, 0.3) is 0 Å². The van der Waals surface area contributed by atoms with Gasteiger partial charge in [0, 0.05) is 6.92 Å². The quantitative estimate of drug-likeness (QED) is 0.817. The highest BCUT2D eigenvalue weighted by Gasteiger charge is 2.42. The van der Waals surface area contributed by atoms with Crippen LogP contribution in [0.4, 0.5) is 0 Å². The molecule has 1 aliphatic heterocycles. The molecule has 1 heterocycles. The Balaban J connectivity index is 1.62. The second kappa shape index (κ2) is 6.34. The topological polar surface area (TPSA) is 42.0 Å². The van der Waals surface area contributed by atoms with Crippen molar-refractivity contribution in [3.05, 3.63) is 65.2 Å². The zero-order valence-corrected chi connectivity index (χ0v) is 14.0. The van der Waals surface area contributed by atoms with Crippen molar-refractivity contribution in [1.29, 1.82) is 0 Å². The fraction of sp³-hybridized carbons (Fsp3) is 0.400. The number of benzene rings is 2. The summed E-state index contributed by atoms with van der Waals surface area (Å²) in [7, 11) is 0. The van der Waals surface area contributed by atoms with Crippen LogP contribution < -0.4 is 4.74 Å². The molecule has 1 aliphatic rings. The van der Waals surface area contributed by atoms with Crippen LogP contribution in [-0.2, 0) is 11.2 Å². The van der Waals surface area contributed by atoms with Gasteiger partial charge in [-0.15, -0.1) is 0 Å². The Morgan fingerprint density at radius 2 is 1.57 bits per heavy atom. The normalized spacial score (nSPS) is 21.3. The molecule has 3 heteroatoms. The first-order valence-electron chi connectivity index (χ1n) is 8.14. The molecule has 2 aromatic rings. The van der Waals surface area contributed by atoms with Crippen LogP contribution in [-0.4, -0.2) is 17.5 Å². The molecule has 3 nitrogen and oxygen atoms in total. The fourth-order valence-electron chi connectivity index (χ4n) is 2.54. The number of rotatable bonds is 6. The molecular weight excluding hydrogens is 288 g/mol. The average molecular weight is 312 g/mol. The molecule has 0 bridgehead atoms. The smallest absolute Gasteiger partial charge is 0.231 e. The van der Waals surface area contributed by atoms with Gasteiger partial charge in [-0.2, -0.15) is 0 Å². The minimum Gasteiger partial charge on any atom is -0.460 e.